The maximum absolute atomic E-state index is 12.9. The van der Waals surface area contributed by atoms with Crippen molar-refractivity contribution in [2.75, 3.05) is 14.1 Å². The number of phenols is 1. The average molecular weight is 388 g/mol. The van der Waals surface area contributed by atoms with Crippen LogP contribution in [0.4, 0.5) is 0 Å². The van der Waals surface area contributed by atoms with Crippen molar-refractivity contribution in [3.63, 3.8) is 0 Å². The molecule has 2 heterocycles. The molecule has 134 valence electrons. The van der Waals surface area contributed by atoms with E-state index in [9.17, 15) is 9.90 Å². The standard InChI is InChI=1S/C20H17NO3S.ClH/c1-21(2)10-14-17-15(19(23)16-8-5-9-25-16)11-24-20(17)13-7-4-3-6-12(13)18(14)22;/h3-9,11,22H,10H2,1-2H3;1H. The van der Waals surface area contributed by atoms with Gasteiger partial charge in [-0.2, -0.15) is 0 Å². The Morgan fingerprint density at radius 3 is 2.54 bits per heavy atom. The Morgan fingerprint density at radius 1 is 1.15 bits per heavy atom. The summed E-state index contributed by atoms with van der Waals surface area (Å²) in [5, 5.41) is 15.1. The average Bonchev–Trinajstić information content (AvgIpc) is 3.27. The van der Waals surface area contributed by atoms with Crippen molar-refractivity contribution in [2.45, 2.75) is 6.54 Å². The molecule has 4 aromatic rings. The molecule has 2 aromatic carbocycles. The van der Waals surface area contributed by atoms with E-state index in [1.54, 1.807) is 0 Å². The lowest BCUT2D eigenvalue weighted by molar-refractivity contribution is -0.872. The number of carbonyl (C=O) groups excluding carboxylic acids is 1. The third kappa shape index (κ3) is 2.88. The monoisotopic (exact) mass is 387 g/mol. The summed E-state index contributed by atoms with van der Waals surface area (Å²) in [6.07, 6.45) is 1.52. The number of rotatable bonds is 4. The van der Waals surface area contributed by atoms with Crippen molar-refractivity contribution in [2.24, 2.45) is 0 Å². The van der Waals surface area contributed by atoms with Crippen LogP contribution in [-0.4, -0.2) is 25.0 Å². The molecule has 26 heavy (non-hydrogen) atoms. The molecule has 0 aliphatic heterocycles. The molecule has 0 radical (unpaired) electrons. The quantitative estimate of drug-likeness (QED) is 0.493. The lowest BCUT2D eigenvalue weighted by atomic mass is 9.96. The van der Waals surface area contributed by atoms with E-state index in [1.807, 2.05) is 55.9 Å². The minimum Gasteiger partial charge on any atom is -1.00 e. The van der Waals surface area contributed by atoms with Crippen molar-refractivity contribution in [1.82, 2.24) is 0 Å². The second-order valence-electron chi connectivity index (χ2n) is 6.42. The first-order valence-corrected chi connectivity index (χ1v) is 8.97. The molecule has 2 N–H and O–H groups in total. The number of aromatic hydroxyl groups is 1. The Bertz CT molecular complexity index is 1080. The van der Waals surface area contributed by atoms with Crippen LogP contribution in [0.25, 0.3) is 21.7 Å². The summed E-state index contributed by atoms with van der Waals surface area (Å²) in [6.45, 7) is 0.595. The zero-order chi connectivity index (χ0) is 17.6. The van der Waals surface area contributed by atoms with Gasteiger partial charge in [-0.15, -0.1) is 11.3 Å². The van der Waals surface area contributed by atoms with Gasteiger partial charge in [0.05, 0.1) is 30.1 Å². The number of benzene rings is 2. The molecular weight excluding hydrogens is 370 g/mol. The number of hydrogen-bond acceptors (Lipinski definition) is 4. The smallest absolute Gasteiger partial charge is 0.206 e. The Morgan fingerprint density at radius 2 is 1.88 bits per heavy atom. The molecule has 4 nitrogen and oxygen atoms in total. The number of nitrogens with one attached hydrogen (secondary N) is 1. The van der Waals surface area contributed by atoms with E-state index in [2.05, 4.69) is 0 Å². The molecule has 0 amide bonds. The van der Waals surface area contributed by atoms with Gasteiger partial charge in [-0.1, -0.05) is 30.3 Å². The number of carbonyl (C=O) groups is 1. The molecule has 0 spiro atoms. The van der Waals surface area contributed by atoms with Gasteiger partial charge in [0.15, 0.2) is 0 Å². The number of quaternary nitrogens is 1. The summed E-state index contributed by atoms with van der Waals surface area (Å²) in [5.41, 5.74) is 1.92. The molecule has 0 fully saturated rings. The first-order chi connectivity index (χ1) is 12.1. The molecule has 0 aliphatic rings. The predicted molar refractivity (Wildman–Crippen MR) is 99.7 cm³/mol. The number of thiophene rings is 1. The highest BCUT2D eigenvalue weighted by Crippen LogP contribution is 2.40. The zero-order valence-corrected chi connectivity index (χ0v) is 15.9. The lowest BCUT2D eigenvalue weighted by Crippen LogP contribution is -3.04. The molecule has 0 unspecified atom stereocenters. The number of halogens is 1. The van der Waals surface area contributed by atoms with Crippen LogP contribution in [0.3, 0.4) is 0 Å². The summed E-state index contributed by atoms with van der Waals surface area (Å²) >= 11 is 1.41. The summed E-state index contributed by atoms with van der Waals surface area (Å²) in [4.78, 5) is 14.8. The van der Waals surface area contributed by atoms with Gasteiger partial charge in [-0.05, 0) is 11.4 Å². The van der Waals surface area contributed by atoms with Crippen molar-refractivity contribution < 1.29 is 31.6 Å². The fourth-order valence-corrected chi connectivity index (χ4v) is 3.94. The summed E-state index contributed by atoms with van der Waals surface area (Å²) in [5.74, 6) is 0.157. The molecule has 0 atom stereocenters. The molecule has 0 aliphatic carbocycles. The van der Waals surface area contributed by atoms with E-state index < -0.39 is 0 Å². The minimum absolute atomic E-state index is 0. The normalized spacial score (nSPS) is 11.2. The SMILES string of the molecule is C[NH+](C)Cc1c(O)c2ccccc2c2occ(C(=O)c3cccs3)c12.[Cl-]. The topological polar surface area (TPSA) is 54.9 Å². The van der Waals surface area contributed by atoms with Crippen LogP contribution in [0.5, 0.6) is 5.75 Å². The number of ketones is 1. The van der Waals surface area contributed by atoms with E-state index in [1.165, 1.54) is 17.6 Å². The lowest BCUT2D eigenvalue weighted by Gasteiger charge is -2.13. The number of hydrogen-bond donors (Lipinski definition) is 2. The van der Waals surface area contributed by atoms with Crippen LogP contribution < -0.4 is 17.3 Å². The van der Waals surface area contributed by atoms with E-state index in [0.29, 0.717) is 22.6 Å². The van der Waals surface area contributed by atoms with Gasteiger partial charge < -0.3 is 26.8 Å². The maximum Gasteiger partial charge on any atom is 0.206 e. The fraction of sp³-hybridized carbons (Fsp3) is 0.150. The third-order valence-electron chi connectivity index (χ3n) is 4.33. The van der Waals surface area contributed by atoms with Gasteiger partial charge in [0, 0.05) is 16.2 Å². The van der Waals surface area contributed by atoms with Gasteiger partial charge >= 0.3 is 0 Å². The van der Waals surface area contributed by atoms with Crippen molar-refractivity contribution in [1.29, 1.82) is 0 Å². The fourth-order valence-electron chi connectivity index (χ4n) is 3.26. The number of phenolic OH excluding ortho intramolecular Hbond substituents is 1. The molecule has 6 heteroatoms. The number of furan rings is 1. The van der Waals surface area contributed by atoms with Gasteiger partial charge in [-0.25, -0.2) is 0 Å². The molecule has 2 aromatic heterocycles. The van der Waals surface area contributed by atoms with Crippen molar-refractivity contribution in [3.05, 3.63) is 64.0 Å². The first-order valence-electron chi connectivity index (χ1n) is 8.09. The number of fused-ring (bicyclic) bond motifs is 3. The third-order valence-corrected chi connectivity index (χ3v) is 5.19. The van der Waals surface area contributed by atoms with E-state index in [-0.39, 0.29) is 23.9 Å². The van der Waals surface area contributed by atoms with E-state index in [4.69, 9.17) is 4.42 Å². The van der Waals surface area contributed by atoms with Crippen LogP contribution in [0, 0.1) is 0 Å². The van der Waals surface area contributed by atoms with Gasteiger partial charge in [0.1, 0.15) is 24.1 Å². The van der Waals surface area contributed by atoms with Crippen molar-refractivity contribution in [3.8, 4) is 5.75 Å². The molecular formula is C20H18ClNO3S. The van der Waals surface area contributed by atoms with Crippen LogP contribution >= 0.6 is 11.3 Å². The van der Waals surface area contributed by atoms with E-state index >= 15 is 0 Å². The molecule has 0 saturated heterocycles. The first kappa shape index (κ1) is 18.5. The van der Waals surface area contributed by atoms with Crippen LogP contribution in [0.15, 0.2) is 52.5 Å². The Hall–Kier alpha value is -2.34. The summed E-state index contributed by atoms with van der Waals surface area (Å²) in [7, 11) is 4.03. The highest BCUT2D eigenvalue weighted by atomic mass is 35.5. The molecule has 4 rings (SSSR count). The largest absolute Gasteiger partial charge is 1.00 e. The van der Waals surface area contributed by atoms with Crippen molar-refractivity contribution >= 4 is 38.9 Å². The van der Waals surface area contributed by atoms with Crippen LogP contribution in [0.2, 0.25) is 0 Å². The highest BCUT2D eigenvalue weighted by Gasteiger charge is 2.25. The molecule has 0 saturated carbocycles. The Balaban J connectivity index is 0.00000196. The second-order valence-corrected chi connectivity index (χ2v) is 7.36. The van der Waals surface area contributed by atoms with E-state index in [0.717, 1.165) is 26.6 Å². The Labute approximate surface area is 161 Å². The minimum atomic E-state index is -0.0709. The highest BCUT2D eigenvalue weighted by molar-refractivity contribution is 7.12. The van der Waals surface area contributed by atoms with Gasteiger partial charge in [0.2, 0.25) is 5.78 Å². The van der Waals surface area contributed by atoms with Crippen LogP contribution in [-0.2, 0) is 6.54 Å². The molecule has 0 bridgehead atoms. The predicted octanol–water partition coefficient (Wildman–Crippen LogP) is 0.233. The second kappa shape index (κ2) is 7.11. The maximum atomic E-state index is 12.9. The van der Waals surface area contributed by atoms with Gasteiger partial charge in [0.25, 0.3) is 0 Å². The van der Waals surface area contributed by atoms with Gasteiger partial charge in [-0.3, -0.25) is 4.79 Å². The zero-order valence-electron chi connectivity index (χ0n) is 14.4. The van der Waals surface area contributed by atoms with Crippen LogP contribution in [0.1, 0.15) is 20.8 Å². The summed E-state index contributed by atoms with van der Waals surface area (Å²) < 4.78 is 5.82. The summed E-state index contributed by atoms with van der Waals surface area (Å²) in [6, 6.07) is 11.2. The Kier molecular flexibility index (Phi) is 5.05.